The van der Waals surface area contributed by atoms with Crippen LogP contribution in [0.15, 0.2) is 17.5 Å². The van der Waals surface area contributed by atoms with Crippen LogP contribution in [0.3, 0.4) is 0 Å². The molecule has 0 fully saturated rings. The maximum Gasteiger partial charge on any atom is 0.335 e. The first-order chi connectivity index (χ1) is 11.0. The van der Waals surface area contributed by atoms with Crippen LogP contribution in [0.1, 0.15) is 66.9 Å². The van der Waals surface area contributed by atoms with E-state index in [2.05, 4.69) is 17.1 Å². The zero-order valence-electron chi connectivity index (χ0n) is 14.3. The van der Waals surface area contributed by atoms with Crippen LogP contribution in [0.4, 0.5) is 5.69 Å². The normalized spacial score (nSPS) is 9.70. The fourth-order valence-electron chi connectivity index (χ4n) is 2.06. The molecule has 0 aliphatic rings. The summed E-state index contributed by atoms with van der Waals surface area (Å²) >= 11 is 0. The Morgan fingerprint density at radius 2 is 1.74 bits per heavy atom. The molecule has 0 heterocycles. The van der Waals surface area contributed by atoms with E-state index < -0.39 is 5.97 Å². The van der Waals surface area contributed by atoms with Crippen LogP contribution in [0.5, 0.6) is 0 Å². The van der Waals surface area contributed by atoms with Gasteiger partial charge in [-0.3, -0.25) is 0 Å². The number of anilines is 1. The van der Waals surface area contributed by atoms with Crippen molar-refractivity contribution in [1.82, 2.24) is 0 Å². The van der Waals surface area contributed by atoms with Gasteiger partial charge in [-0.1, -0.05) is 32.6 Å². The first-order valence-electron chi connectivity index (χ1n) is 7.99. The molecule has 130 valence electrons. The fourth-order valence-corrected chi connectivity index (χ4v) is 2.06. The largest absolute Gasteiger partial charge is 0.478 e. The summed E-state index contributed by atoms with van der Waals surface area (Å²) in [5.74, 6) is -0.907. The minimum atomic E-state index is -0.907. The molecule has 0 aliphatic carbocycles. The predicted octanol–water partition coefficient (Wildman–Crippen LogP) is 4.63. The van der Waals surface area contributed by atoms with Crippen LogP contribution in [-0.4, -0.2) is 17.7 Å². The number of carboxylic acids is 1. The van der Waals surface area contributed by atoms with Crippen LogP contribution in [-0.2, 0) is 4.84 Å². The quantitative estimate of drug-likeness (QED) is 0.298. The molecule has 1 aromatic carbocycles. The molecule has 0 aromatic heterocycles. The smallest absolute Gasteiger partial charge is 0.335 e. The van der Waals surface area contributed by atoms with Gasteiger partial charge < -0.3 is 15.7 Å². The van der Waals surface area contributed by atoms with Gasteiger partial charge in [0.15, 0.2) is 5.34 Å². The van der Waals surface area contributed by atoms with Gasteiger partial charge in [-0.15, -0.1) is 4.91 Å². The van der Waals surface area contributed by atoms with Gasteiger partial charge in [0.25, 0.3) is 0 Å². The molecule has 1 rings (SSSR count). The van der Waals surface area contributed by atoms with Crippen LogP contribution < -0.4 is 5.73 Å². The first kappa shape index (κ1) is 20.9. The second-order valence-corrected chi connectivity index (χ2v) is 5.43. The number of hydrogen-bond donors (Lipinski definition) is 2. The lowest BCUT2D eigenvalue weighted by Crippen LogP contribution is -2.03. The maximum absolute atomic E-state index is 10.6. The molecule has 6 heteroatoms. The highest BCUT2D eigenvalue weighted by Gasteiger charge is 2.09. The Morgan fingerprint density at radius 3 is 2.30 bits per heavy atom. The molecule has 0 atom stereocenters. The number of nitrogens with zero attached hydrogens (tertiary/aromatic N) is 1. The molecule has 0 saturated carbocycles. The zero-order chi connectivity index (χ0) is 17.7. The molecule has 1 aromatic rings. The van der Waals surface area contributed by atoms with Gasteiger partial charge in [0.1, 0.15) is 6.61 Å². The monoisotopic (exact) mass is 324 g/mol. The summed E-state index contributed by atoms with van der Waals surface area (Å²) in [5.41, 5.74) is 8.14. The summed E-state index contributed by atoms with van der Waals surface area (Å²) in [5, 5.41) is 11.1. The van der Waals surface area contributed by atoms with Gasteiger partial charge in [-0.25, -0.2) is 4.79 Å². The van der Waals surface area contributed by atoms with E-state index in [1.807, 2.05) is 6.92 Å². The standard InChI is InChI=1S/C9H11NO2.C8H17NO2/c1-5-6(2)8(10)4-3-7(5)9(11)12;1-2-3-4-5-6-7-8-11-9-10/h3-4H,10H2,1-2H3,(H,11,12);2-8H2,1H3. The number of unbranched alkanes of at least 4 members (excludes halogenated alkanes) is 5. The Kier molecular flexibility index (Phi) is 11.3. The molecule has 0 spiro atoms. The van der Waals surface area contributed by atoms with Gasteiger partial charge in [-0.05, 0) is 49.9 Å². The van der Waals surface area contributed by atoms with Gasteiger partial charge in [-0.2, -0.15) is 0 Å². The molecule has 0 bridgehead atoms. The van der Waals surface area contributed by atoms with Gasteiger partial charge in [0.2, 0.25) is 0 Å². The molecule has 0 saturated heterocycles. The third-order valence-corrected chi connectivity index (χ3v) is 3.70. The lowest BCUT2D eigenvalue weighted by Gasteiger charge is -2.06. The van der Waals surface area contributed by atoms with E-state index >= 15 is 0 Å². The molecule has 6 nitrogen and oxygen atoms in total. The second-order valence-electron chi connectivity index (χ2n) is 5.43. The zero-order valence-corrected chi connectivity index (χ0v) is 14.3. The number of rotatable bonds is 9. The summed E-state index contributed by atoms with van der Waals surface area (Å²) in [6.07, 6.45) is 7.23. The van der Waals surface area contributed by atoms with Crippen LogP contribution in [0.2, 0.25) is 0 Å². The van der Waals surface area contributed by atoms with E-state index in [0.29, 0.717) is 17.9 Å². The average Bonchev–Trinajstić information content (AvgIpc) is 2.52. The molecule has 0 unspecified atom stereocenters. The van der Waals surface area contributed by atoms with Crippen molar-refractivity contribution in [3.8, 4) is 0 Å². The second kappa shape index (κ2) is 12.4. The first-order valence-corrected chi connectivity index (χ1v) is 7.99. The number of carbonyl (C=O) groups is 1. The number of nitrogen functional groups attached to an aromatic ring is 1. The van der Waals surface area contributed by atoms with E-state index in [-0.39, 0.29) is 0 Å². The Hall–Kier alpha value is -2.11. The summed E-state index contributed by atoms with van der Waals surface area (Å²) in [4.78, 5) is 24.4. The molecule has 23 heavy (non-hydrogen) atoms. The lowest BCUT2D eigenvalue weighted by molar-refractivity contribution is 0.0696. The number of carboxylic acid groups (broad SMARTS) is 1. The molecular formula is C17H28N2O4. The van der Waals surface area contributed by atoms with E-state index in [1.54, 1.807) is 13.0 Å². The van der Waals surface area contributed by atoms with Crippen molar-refractivity contribution in [2.45, 2.75) is 59.3 Å². The molecular weight excluding hydrogens is 296 g/mol. The van der Waals surface area contributed by atoms with Crippen LogP contribution in [0, 0.1) is 18.8 Å². The Morgan fingerprint density at radius 1 is 1.13 bits per heavy atom. The summed E-state index contributed by atoms with van der Waals surface area (Å²) in [6.45, 7) is 6.25. The van der Waals surface area contributed by atoms with Crippen molar-refractivity contribution in [3.05, 3.63) is 33.7 Å². The van der Waals surface area contributed by atoms with E-state index in [1.165, 1.54) is 31.7 Å². The molecule has 0 amide bonds. The molecule has 3 N–H and O–H groups in total. The third-order valence-electron chi connectivity index (χ3n) is 3.70. The van der Waals surface area contributed by atoms with E-state index in [9.17, 15) is 9.70 Å². The van der Waals surface area contributed by atoms with Gasteiger partial charge in [0, 0.05) is 5.69 Å². The van der Waals surface area contributed by atoms with Crippen LogP contribution in [0.25, 0.3) is 0 Å². The van der Waals surface area contributed by atoms with Gasteiger partial charge in [0.05, 0.1) is 5.56 Å². The predicted molar refractivity (Wildman–Crippen MR) is 92.4 cm³/mol. The summed E-state index contributed by atoms with van der Waals surface area (Å²) in [6, 6.07) is 3.14. The van der Waals surface area contributed by atoms with Crippen molar-refractivity contribution in [1.29, 1.82) is 0 Å². The fraction of sp³-hybridized carbons (Fsp3) is 0.588. The topological polar surface area (TPSA) is 102 Å². The van der Waals surface area contributed by atoms with Gasteiger partial charge >= 0.3 is 5.97 Å². The Labute approximate surface area is 138 Å². The number of nitrogens with two attached hydrogens (primary N) is 1. The van der Waals surface area contributed by atoms with Crippen molar-refractivity contribution >= 4 is 11.7 Å². The summed E-state index contributed by atoms with van der Waals surface area (Å²) < 4.78 is 0. The minimum absolute atomic E-state index is 0.321. The highest BCUT2D eigenvalue weighted by molar-refractivity contribution is 5.90. The van der Waals surface area contributed by atoms with E-state index in [4.69, 9.17) is 10.8 Å². The van der Waals surface area contributed by atoms with Crippen molar-refractivity contribution in [2.24, 2.45) is 5.34 Å². The van der Waals surface area contributed by atoms with Crippen molar-refractivity contribution in [2.75, 3.05) is 12.3 Å². The number of benzene rings is 1. The van der Waals surface area contributed by atoms with E-state index in [0.717, 1.165) is 24.0 Å². The molecule has 0 aliphatic heterocycles. The highest BCUT2D eigenvalue weighted by Crippen LogP contribution is 2.19. The SMILES string of the molecule is CCCCCCCCON=O.Cc1c(N)ccc(C(=O)O)c1C. The average molecular weight is 324 g/mol. The number of aromatic carboxylic acids is 1. The van der Waals surface area contributed by atoms with Crippen LogP contribution >= 0.6 is 0 Å². The highest BCUT2D eigenvalue weighted by atomic mass is 16.7. The minimum Gasteiger partial charge on any atom is -0.478 e. The third kappa shape index (κ3) is 8.80. The lowest BCUT2D eigenvalue weighted by atomic mass is 10.0. The summed E-state index contributed by atoms with van der Waals surface area (Å²) in [7, 11) is 0. The van der Waals surface area contributed by atoms with Crippen molar-refractivity contribution < 1.29 is 14.7 Å². The maximum atomic E-state index is 10.6. The number of hydrogen-bond acceptors (Lipinski definition) is 5. The Bertz CT molecular complexity index is 490. The molecule has 0 radical (unpaired) electrons. The van der Waals surface area contributed by atoms with Crippen molar-refractivity contribution in [3.63, 3.8) is 0 Å². The Balaban J connectivity index is 0.000000423.